The Kier molecular flexibility index (Phi) is 20.0. The predicted octanol–water partition coefficient (Wildman–Crippen LogP) is 2.38. The standard InChI is InChI=1S/C6H13N.C2H6N.2ClH.Pt/c1-7-5-6-3-2-4-6;1-3-2;;;/h6-7H,2-5H2,1H3;3H,1H2,2H3;2*1H;/q;-1;;;+2/p-2. The normalized spacial score (nSPS) is 14.8. The average Bonchev–Trinajstić information content (AvgIpc) is 2.00. The molecule has 0 heterocycles. The summed E-state index contributed by atoms with van der Waals surface area (Å²) in [6.45, 7) is 1.24. The van der Waals surface area contributed by atoms with E-state index < -0.39 is 16.5 Å². The van der Waals surface area contributed by atoms with Crippen LogP contribution in [0.5, 0.6) is 0 Å². The molecule has 0 aromatic carbocycles. The minimum atomic E-state index is -0.472. The van der Waals surface area contributed by atoms with Crippen molar-refractivity contribution in [3.05, 3.63) is 7.05 Å². The van der Waals surface area contributed by atoms with Gasteiger partial charge in [-0.25, -0.2) is 0 Å². The van der Waals surface area contributed by atoms with Crippen molar-refractivity contribution in [2.45, 2.75) is 19.3 Å². The van der Waals surface area contributed by atoms with Crippen molar-refractivity contribution in [1.29, 1.82) is 0 Å². The van der Waals surface area contributed by atoms with E-state index in [2.05, 4.69) is 17.7 Å². The zero-order valence-corrected chi connectivity index (χ0v) is 12.0. The summed E-state index contributed by atoms with van der Waals surface area (Å²) in [5, 5.41) is 5.67. The molecule has 0 saturated heterocycles. The molecule has 0 aromatic rings. The summed E-state index contributed by atoms with van der Waals surface area (Å²) in [6.07, 6.45) is 4.38. The second kappa shape index (κ2) is 15.7. The first kappa shape index (κ1) is 16.6. The molecule has 0 amide bonds. The monoisotopic (exact) mass is 408 g/mol. The van der Waals surface area contributed by atoms with Gasteiger partial charge in [-0.1, -0.05) is 6.42 Å². The van der Waals surface area contributed by atoms with Gasteiger partial charge in [0.15, 0.2) is 0 Å². The molecule has 1 rings (SSSR count). The summed E-state index contributed by atoms with van der Waals surface area (Å²) in [6, 6.07) is 0. The molecule has 0 aromatic heterocycles. The summed E-state index contributed by atoms with van der Waals surface area (Å²) < 4.78 is 0. The van der Waals surface area contributed by atoms with Gasteiger partial charge in [0.1, 0.15) is 0 Å². The Morgan fingerprint density at radius 2 is 1.77 bits per heavy atom. The van der Waals surface area contributed by atoms with Crippen LogP contribution in [0.25, 0.3) is 0 Å². The van der Waals surface area contributed by atoms with E-state index in [1.165, 1.54) is 25.8 Å². The van der Waals surface area contributed by atoms with Gasteiger partial charge in [0, 0.05) is 0 Å². The molecule has 13 heavy (non-hydrogen) atoms. The molecule has 1 saturated carbocycles. The van der Waals surface area contributed by atoms with Gasteiger partial charge in [-0.05, 0) is 39.4 Å². The number of hydrogen-bond acceptors (Lipinski definition) is 2. The molecule has 0 radical (unpaired) electrons. The summed E-state index contributed by atoms with van der Waals surface area (Å²) in [5.41, 5.74) is 0. The Morgan fingerprint density at radius 1 is 1.38 bits per heavy atom. The molecule has 0 atom stereocenters. The summed E-state index contributed by atoms with van der Waals surface area (Å²) in [7, 11) is 16.8. The van der Waals surface area contributed by atoms with Crippen LogP contribution in [0, 0.1) is 13.0 Å². The summed E-state index contributed by atoms with van der Waals surface area (Å²) in [4.78, 5) is 0. The zero-order chi connectivity index (χ0) is 10.5. The maximum absolute atomic E-state index is 4.88. The van der Waals surface area contributed by atoms with Gasteiger partial charge in [-0.3, -0.25) is 7.05 Å². The van der Waals surface area contributed by atoms with Gasteiger partial charge in [0.05, 0.1) is 0 Å². The van der Waals surface area contributed by atoms with Crippen LogP contribution in [0.3, 0.4) is 0 Å². The topological polar surface area (TPSA) is 24.1 Å². The van der Waals surface area contributed by atoms with E-state index in [9.17, 15) is 0 Å². The molecule has 0 unspecified atom stereocenters. The van der Waals surface area contributed by atoms with E-state index in [4.69, 9.17) is 18.8 Å². The van der Waals surface area contributed by atoms with Crippen LogP contribution in [0.4, 0.5) is 0 Å². The molecular formula is C8H19Cl2N2Pt-. The van der Waals surface area contributed by atoms with Crippen molar-refractivity contribution in [1.82, 2.24) is 10.6 Å². The van der Waals surface area contributed by atoms with Gasteiger partial charge in [0.2, 0.25) is 0 Å². The van der Waals surface area contributed by atoms with Crippen LogP contribution in [-0.2, 0) is 16.5 Å². The van der Waals surface area contributed by atoms with Crippen LogP contribution in [-0.4, -0.2) is 20.6 Å². The summed E-state index contributed by atoms with van der Waals surface area (Å²) in [5.74, 6) is 1.02. The van der Waals surface area contributed by atoms with E-state index in [-0.39, 0.29) is 0 Å². The fraction of sp³-hybridized carbons (Fsp3) is 0.875. The minimum absolute atomic E-state index is 0.472. The molecule has 2 nitrogen and oxygen atoms in total. The molecule has 1 aliphatic carbocycles. The van der Waals surface area contributed by atoms with Gasteiger partial charge in [-0.15, -0.1) is 0 Å². The molecule has 0 bridgehead atoms. The Labute approximate surface area is 98.5 Å². The van der Waals surface area contributed by atoms with Crippen LogP contribution < -0.4 is 10.6 Å². The van der Waals surface area contributed by atoms with Crippen LogP contribution >= 0.6 is 18.8 Å². The zero-order valence-electron chi connectivity index (χ0n) is 8.19. The molecule has 1 aliphatic rings. The van der Waals surface area contributed by atoms with Gasteiger partial charge < -0.3 is 10.6 Å². The van der Waals surface area contributed by atoms with Crippen molar-refractivity contribution in [3.8, 4) is 0 Å². The summed E-state index contributed by atoms with van der Waals surface area (Å²) >= 11 is -0.472. The third kappa shape index (κ3) is 15.9. The predicted molar refractivity (Wildman–Crippen MR) is 57.4 cm³/mol. The Bertz CT molecular complexity index is 80.5. The number of rotatable bonds is 2. The molecule has 2 N–H and O–H groups in total. The van der Waals surface area contributed by atoms with E-state index >= 15 is 0 Å². The Hall–Kier alpha value is 1.19. The Morgan fingerprint density at radius 3 is 1.85 bits per heavy atom. The van der Waals surface area contributed by atoms with E-state index in [1.54, 1.807) is 7.05 Å². The first-order chi connectivity index (χ1) is 6.26. The fourth-order valence-corrected chi connectivity index (χ4v) is 0.986. The van der Waals surface area contributed by atoms with E-state index in [1.807, 2.05) is 7.05 Å². The first-order valence-corrected chi connectivity index (χ1v) is 9.80. The van der Waals surface area contributed by atoms with Crippen molar-refractivity contribution in [2.75, 3.05) is 20.6 Å². The second-order valence-electron chi connectivity index (χ2n) is 2.75. The first-order valence-electron chi connectivity index (χ1n) is 4.17. The van der Waals surface area contributed by atoms with Crippen LogP contribution in [0.15, 0.2) is 0 Å². The third-order valence-electron chi connectivity index (χ3n) is 1.72. The Balaban J connectivity index is 0. The van der Waals surface area contributed by atoms with Gasteiger partial charge in [0.25, 0.3) is 0 Å². The van der Waals surface area contributed by atoms with E-state index in [0.717, 1.165) is 5.92 Å². The van der Waals surface area contributed by atoms with Crippen LogP contribution in [0.1, 0.15) is 19.3 Å². The fourth-order valence-electron chi connectivity index (χ4n) is 0.986. The quantitative estimate of drug-likeness (QED) is 0.685. The van der Waals surface area contributed by atoms with E-state index in [0.29, 0.717) is 0 Å². The molecule has 1 fully saturated rings. The number of halogens is 2. The number of nitrogens with one attached hydrogen (secondary N) is 2. The van der Waals surface area contributed by atoms with Crippen molar-refractivity contribution in [3.63, 3.8) is 0 Å². The van der Waals surface area contributed by atoms with Gasteiger partial charge >= 0.3 is 35.3 Å². The number of hydrogen-bond donors (Lipinski definition) is 2. The molecule has 86 valence electrons. The second-order valence-corrected chi connectivity index (χ2v) is 6.04. The molecular weight excluding hydrogens is 390 g/mol. The molecule has 5 heteroatoms. The van der Waals surface area contributed by atoms with Gasteiger partial charge in [-0.2, -0.15) is 0 Å². The van der Waals surface area contributed by atoms with Crippen molar-refractivity contribution >= 4 is 18.8 Å². The SMILES string of the molecule is CNCC1CCC1.[CH2-]NC.[Cl][Pt][Cl]. The van der Waals surface area contributed by atoms with Crippen molar-refractivity contribution < 1.29 is 16.5 Å². The van der Waals surface area contributed by atoms with Crippen LogP contribution in [0.2, 0.25) is 0 Å². The third-order valence-corrected chi connectivity index (χ3v) is 1.72. The average molecular weight is 409 g/mol. The molecule has 0 spiro atoms. The molecule has 0 aliphatic heterocycles. The van der Waals surface area contributed by atoms with Crippen molar-refractivity contribution in [2.24, 2.45) is 5.92 Å². The maximum atomic E-state index is 4.88.